The first kappa shape index (κ1) is 18.3. The molecule has 0 saturated carbocycles. The van der Waals surface area contributed by atoms with Crippen LogP contribution in [0.3, 0.4) is 0 Å². The predicted octanol–water partition coefficient (Wildman–Crippen LogP) is 3.71. The van der Waals surface area contributed by atoms with Crippen molar-refractivity contribution < 1.29 is 21.6 Å². The number of hydrogen-bond donors (Lipinski definition) is 1. The summed E-state index contributed by atoms with van der Waals surface area (Å²) in [5, 5.41) is 8.22. The topological polar surface area (TPSA) is 70.0 Å². The summed E-state index contributed by atoms with van der Waals surface area (Å²) in [6.45, 7) is -0.331. The Kier molecular flexibility index (Phi) is 5.18. The fourth-order valence-electron chi connectivity index (χ4n) is 1.87. The fourth-order valence-corrected chi connectivity index (χ4v) is 3.11. The molecule has 1 N–H and O–H groups in total. The van der Waals surface area contributed by atoms with Crippen molar-refractivity contribution in [2.75, 3.05) is 0 Å². The maximum absolute atomic E-state index is 12.8. The van der Waals surface area contributed by atoms with Gasteiger partial charge in [0.15, 0.2) is 0 Å². The molecule has 0 atom stereocenters. The van der Waals surface area contributed by atoms with Gasteiger partial charge < -0.3 is 0 Å². The Bertz CT molecular complexity index is 888. The van der Waals surface area contributed by atoms with Crippen LogP contribution in [0.2, 0.25) is 5.02 Å². The minimum absolute atomic E-state index is 0.0912. The number of benzene rings is 2. The maximum atomic E-state index is 12.8. The van der Waals surface area contributed by atoms with Crippen molar-refractivity contribution in [3.8, 4) is 6.07 Å². The van der Waals surface area contributed by atoms with Crippen molar-refractivity contribution in [1.29, 1.82) is 5.26 Å². The Morgan fingerprint density at radius 3 is 2.29 bits per heavy atom. The number of rotatable bonds is 4. The molecule has 0 spiro atoms. The van der Waals surface area contributed by atoms with E-state index in [1.54, 1.807) is 0 Å². The zero-order valence-electron chi connectivity index (χ0n) is 11.9. The molecule has 4 nitrogen and oxygen atoms in total. The first-order valence-electron chi connectivity index (χ1n) is 6.49. The first-order chi connectivity index (χ1) is 11.1. The summed E-state index contributed by atoms with van der Waals surface area (Å²) in [7, 11) is -3.92. The monoisotopic (exact) mass is 374 g/mol. The lowest BCUT2D eigenvalue weighted by Gasteiger charge is -2.12. The van der Waals surface area contributed by atoms with Gasteiger partial charge in [0.25, 0.3) is 0 Å². The Labute approximate surface area is 141 Å². The van der Waals surface area contributed by atoms with Crippen molar-refractivity contribution in [1.82, 2.24) is 4.72 Å². The molecule has 0 amide bonds. The minimum atomic E-state index is -4.63. The molecule has 0 unspecified atom stereocenters. The number of nitrogens with zero attached hydrogens (tertiary/aromatic N) is 1. The molecule has 0 saturated heterocycles. The van der Waals surface area contributed by atoms with Gasteiger partial charge >= 0.3 is 6.18 Å². The van der Waals surface area contributed by atoms with Gasteiger partial charge in [-0.25, -0.2) is 13.1 Å². The molecular formula is C15H10ClF3N2O2S. The molecule has 0 fully saturated rings. The van der Waals surface area contributed by atoms with Gasteiger partial charge in [-0.2, -0.15) is 18.4 Å². The second kappa shape index (κ2) is 6.81. The van der Waals surface area contributed by atoms with Crippen molar-refractivity contribution in [2.45, 2.75) is 17.6 Å². The number of sulfonamides is 1. The SMILES string of the molecule is N#Cc1ccc(S(=O)(=O)NCc2ccc(Cl)c(C(F)(F)F)c2)cc1. The molecule has 2 aromatic rings. The molecular weight excluding hydrogens is 365 g/mol. The molecule has 9 heteroatoms. The molecule has 0 heterocycles. The van der Waals surface area contributed by atoms with E-state index in [1.165, 1.54) is 30.3 Å². The van der Waals surface area contributed by atoms with Crippen LogP contribution in [0.4, 0.5) is 13.2 Å². The second-order valence-corrected chi connectivity index (χ2v) is 6.95. The van der Waals surface area contributed by atoms with Crippen LogP contribution >= 0.6 is 11.6 Å². The van der Waals surface area contributed by atoms with Gasteiger partial charge in [0.2, 0.25) is 10.0 Å². The summed E-state index contributed by atoms with van der Waals surface area (Å²) < 4.78 is 64.8. The van der Waals surface area contributed by atoms with Crippen molar-refractivity contribution >= 4 is 21.6 Å². The van der Waals surface area contributed by atoms with Crippen LogP contribution in [0.5, 0.6) is 0 Å². The molecule has 0 bridgehead atoms. The van der Waals surface area contributed by atoms with Crippen LogP contribution in [0.1, 0.15) is 16.7 Å². The average Bonchev–Trinajstić information content (AvgIpc) is 2.53. The van der Waals surface area contributed by atoms with E-state index in [2.05, 4.69) is 4.72 Å². The molecule has 24 heavy (non-hydrogen) atoms. The minimum Gasteiger partial charge on any atom is -0.207 e. The second-order valence-electron chi connectivity index (χ2n) is 4.77. The molecule has 126 valence electrons. The van der Waals surface area contributed by atoms with E-state index in [1.807, 2.05) is 6.07 Å². The van der Waals surface area contributed by atoms with Gasteiger partial charge in [-0.15, -0.1) is 0 Å². The lowest BCUT2D eigenvalue weighted by atomic mass is 10.1. The van der Waals surface area contributed by atoms with Crippen molar-refractivity contribution in [3.05, 3.63) is 64.2 Å². The maximum Gasteiger partial charge on any atom is 0.417 e. The van der Waals surface area contributed by atoms with Gasteiger partial charge in [0.05, 0.1) is 27.1 Å². The normalized spacial score (nSPS) is 12.0. The molecule has 0 radical (unpaired) electrons. The van der Waals surface area contributed by atoms with E-state index in [9.17, 15) is 21.6 Å². The highest BCUT2D eigenvalue weighted by molar-refractivity contribution is 7.89. The third kappa shape index (κ3) is 4.26. The number of nitrogens with one attached hydrogen (secondary N) is 1. The highest BCUT2D eigenvalue weighted by Crippen LogP contribution is 2.35. The number of halogens is 4. The first-order valence-corrected chi connectivity index (χ1v) is 8.35. The smallest absolute Gasteiger partial charge is 0.207 e. The fraction of sp³-hybridized carbons (Fsp3) is 0.133. The molecule has 2 rings (SSSR count). The van der Waals surface area contributed by atoms with Crippen molar-refractivity contribution in [3.63, 3.8) is 0 Å². The molecule has 0 aliphatic rings. The molecule has 0 aromatic heterocycles. The quantitative estimate of drug-likeness (QED) is 0.886. The van der Waals surface area contributed by atoms with Crippen LogP contribution in [0.15, 0.2) is 47.4 Å². The molecule has 2 aromatic carbocycles. The number of alkyl halides is 3. The van der Waals surface area contributed by atoms with E-state index in [4.69, 9.17) is 16.9 Å². The van der Waals surface area contributed by atoms with Gasteiger partial charge in [-0.05, 0) is 42.0 Å². The lowest BCUT2D eigenvalue weighted by molar-refractivity contribution is -0.137. The summed E-state index contributed by atoms with van der Waals surface area (Å²) in [6, 6.07) is 10.2. The third-order valence-electron chi connectivity index (χ3n) is 3.10. The zero-order valence-corrected chi connectivity index (χ0v) is 13.5. The summed E-state index contributed by atoms with van der Waals surface area (Å²) in [5.74, 6) is 0. The third-order valence-corrected chi connectivity index (χ3v) is 4.84. The zero-order chi connectivity index (χ0) is 18.0. The summed E-state index contributed by atoms with van der Waals surface area (Å²) >= 11 is 5.51. The Balaban J connectivity index is 2.19. The molecule has 0 aliphatic heterocycles. The molecule has 0 aliphatic carbocycles. The average molecular weight is 375 g/mol. The van der Waals surface area contributed by atoms with E-state index in [0.29, 0.717) is 5.56 Å². The number of hydrogen-bond acceptors (Lipinski definition) is 3. The number of nitriles is 1. The van der Waals surface area contributed by atoms with Gasteiger partial charge in [0, 0.05) is 6.54 Å². The highest BCUT2D eigenvalue weighted by atomic mass is 35.5. The lowest BCUT2D eigenvalue weighted by Crippen LogP contribution is -2.23. The van der Waals surface area contributed by atoms with E-state index in [0.717, 1.165) is 12.1 Å². The van der Waals surface area contributed by atoms with E-state index in [-0.39, 0.29) is 17.0 Å². The van der Waals surface area contributed by atoms with E-state index < -0.39 is 26.8 Å². The summed E-state index contributed by atoms with van der Waals surface area (Å²) in [5.41, 5.74) is -0.621. The standard InChI is InChI=1S/C15H10ClF3N2O2S/c16-14-6-3-11(7-13(14)15(17,18)19)9-21-24(22,23)12-4-1-10(8-20)2-5-12/h1-7,21H,9H2. The van der Waals surface area contributed by atoms with Crippen LogP contribution < -0.4 is 4.72 Å². The van der Waals surface area contributed by atoms with E-state index >= 15 is 0 Å². The van der Waals surface area contributed by atoms with Crippen LogP contribution in [0, 0.1) is 11.3 Å². The van der Waals surface area contributed by atoms with Crippen LogP contribution in [-0.2, 0) is 22.7 Å². The Morgan fingerprint density at radius 2 is 1.75 bits per heavy atom. The summed E-state index contributed by atoms with van der Waals surface area (Å²) in [6.07, 6.45) is -4.63. The predicted molar refractivity (Wildman–Crippen MR) is 81.6 cm³/mol. The van der Waals surface area contributed by atoms with Gasteiger partial charge in [-0.3, -0.25) is 0 Å². The van der Waals surface area contributed by atoms with Crippen LogP contribution in [0.25, 0.3) is 0 Å². The Hall–Kier alpha value is -2.08. The largest absolute Gasteiger partial charge is 0.417 e. The van der Waals surface area contributed by atoms with Gasteiger partial charge in [0.1, 0.15) is 0 Å². The van der Waals surface area contributed by atoms with Crippen LogP contribution in [-0.4, -0.2) is 8.42 Å². The van der Waals surface area contributed by atoms with Crippen molar-refractivity contribution in [2.24, 2.45) is 0 Å². The Morgan fingerprint density at radius 1 is 1.12 bits per heavy atom. The summed E-state index contributed by atoms with van der Waals surface area (Å²) in [4.78, 5) is -0.0912. The highest BCUT2D eigenvalue weighted by Gasteiger charge is 2.33. The van der Waals surface area contributed by atoms with Gasteiger partial charge in [-0.1, -0.05) is 17.7 Å².